The number of nitrogen functional groups attached to an aromatic ring is 1. The van der Waals surface area contributed by atoms with Crippen LogP contribution < -0.4 is 11.4 Å². The van der Waals surface area contributed by atoms with Crippen molar-refractivity contribution in [1.82, 2.24) is 19.5 Å². The average Bonchev–Trinajstić information content (AvgIpc) is 3.34. The highest BCUT2D eigenvalue weighted by Crippen LogP contribution is 2.41. The Morgan fingerprint density at radius 3 is 2.83 bits per heavy atom. The number of aryl methyl sites for hydroxylation is 1. The second-order valence-corrected chi connectivity index (χ2v) is 5.72. The third kappa shape index (κ3) is 2.16. The predicted molar refractivity (Wildman–Crippen MR) is 84.0 cm³/mol. The molecule has 0 saturated heterocycles. The third-order valence-corrected chi connectivity index (χ3v) is 4.06. The van der Waals surface area contributed by atoms with E-state index in [1.54, 1.807) is 25.3 Å². The van der Waals surface area contributed by atoms with Crippen molar-refractivity contribution in [3.05, 3.63) is 52.1 Å². The molecule has 0 radical (unpaired) electrons. The lowest BCUT2D eigenvalue weighted by molar-refractivity contribution is 0.602. The SMILES string of the molecule is Cc1ncccc1-n1c(=O)nc(N)c2cc(F)c(C3CC3)nc21. The molecule has 4 rings (SSSR count). The van der Waals surface area contributed by atoms with Gasteiger partial charge in [0.05, 0.1) is 22.5 Å². The monoisotopic (exact) mass is 311 g/mol. The van der Waals surface area contributed by atoms with Gasteiger partial charge in [-0.2, -0.15) is 4.98 Å². The topological polar surface area (TPSA) is 86.7 Å². The van der Waals surface area contributed by atoms with Crippen LogP contribution in [-0.2, 0) is 0 Å². The van der Waals surface area contributed by atoms with Gasteiger partial charge >= 0.3 is 5.69 Å². The van der Waals surface area contributed by atoms with Crippen molar-refractivity contribution in [1.29, 1.82) is 0 Å². The fourth-order valence-corrected chi connectivity index (χ4v) is 2.73. The lowest BCUT2D eigenvalue weighted by atomic mass is 10.2. The number of hydrogen-bond donors (Lipinski definition) is 1. The average molecular weight is 311 g/mol. The van der Waals surface area contributed by atoms with Gasteiger partial charge in [0.25, 0.3) is 0 Å². The van der Waals surface area contributed by atoms with Gasteiger partial charge in [0.1, 0.15) is 11.6 Å². The van der Waals surface area contributed by atoms with Crippen LogP contribution in [0.4, 0.5) is 10.2 Å². The second kappa shape index (κ2) is 4.84. The van der Waals surface area contributed by atoms with Crippen molar-refractivity contribution in [3.8, 4) is 5.69 Å². The molecule has 3 heterocycles. The first-order chi connectivity index (χ1) is 11.1. The van der Waals surface area contributed by atoms with Crippen LogP contribution in [0, 0.1) is 12.7 Å². The number of hydrogen-bond acceptors (Lipinski definition) is 5. The van der Waals surface area contributed by atoms with Gasteiger partial charge in [-0.3, -0.25) is 4.98 Å². The molecule has 0 atom stereocenters. The zero-order valence-electron chi connectivity index (χ0n) is 12.5. The molecule has 0 unspecified atom stereocenters. The summed E-state index contributed by atoms with van der Waals surface area (Å²) in [5.41, 5.74) is 7.18. The van der Waals surface area contributed by atoms with Crippen molar-refractivity contribution < 1.29 is 4.39 Å². The summed E-state index contributed by atoms with van der Waals surface area (Å²) in [5, 5.41) is 0.328. The first kappa shape index (κ1) is 13.8. The zero-order chi connectivity index (χ0) is 16.1. The maximum atomic E-state index is 14.3. The van der Waals surface area contributed by atoms with Gasteiger partial charge in [-0.05, 0) is 38.0 Å². The van der Waals surface area contributed by atoms with Gasteiger partial charge in [0, 0.05) is 12.1 Å². The molecule has 0 amide bonds. The molecule has 0 aromatic carbocycles. The van der Waals surface area contributed by atoms with Crippen LogP contribution >= 0.6 is 0 Å². The summed E-state index contributed by atoms with van der Waals surface area (Å²) in [6, 6.07) is 4.80. The Bertz CT molecular complexity index is 994. The number of pyridine rings is 2. The molecular weight excluding hydrogens is 297 g/mol. The van der Waals surface area contributed by atoms with Crippen LogP contribution in [0.3, 0.4) is 0 Å². The molecule has 2 N–H and O–H groups in total. The van der Waals surface area contributed by atoms with Gasteiger partial charge in [0.2, 0.25) is 0 Å². The first-order valence-corrected chi connectivity index (χ1v) is 7.37. The van der Waals surface area contributed by atoms with E-state index < -0.39 is 11.5 Å². The van der Waals surface area contributed by atoms with Crippen molar-refractivity contribution in [2.75, 3.05) is 5.73 Å². The van der Waals surface area contributed by atoms with Crippen molar-refractivity contribution in [2.24, 2.45) is 0 Å². The van der Waals surface area contributed by atoms with Crippen molar-refractivity contribution in [2.45, 2.75) is 25.7 Å². The minimum Gasteiger partial charge on any atom is -0.383 e. The van der Waals surface area contributed by atoms with Gasteiger partial charge in [-0.15, -0.1) is 0 Å². The number of nitrogens with two attached hydrogens (primary N) is 1. The van der Waals surface area contributed by atoms with E-state index in [1.807, 2.05) is 0 Å². The molecule has 0 aliphatic heterocycles. The van der Waals surface area contributed by atoms with Crippen LogP contribution in [0.1, 0.15) is 30.1 Å². The molecular formula is C16H14FN5O. The largest absolute Gasteiger partial charge is 0.383 e. The van der Waals surface area contributed by atoms with E-state index in [0.29, 0.717) is 28.1 Å². The Labute approximate surface area is 130 Å². The Hall–Kier alpha value is -2.83. The Balaban J connectivity index is 2.12. The maximum Gasteiger partial charge on any atom is 0.355 e. The molecule has 1 saturated carbocycles. The van der Waals surface area contributed by atoms with Crippen LogP contribution in [-0.4, -0.2) is 19.5 Å². The number of fused-ring (bicyclic) bond motifs is 1. The number of rotatable bonds is 2. The molecule has 1 fully saturated rings. The van der Waals surface area contributed by atoms with Crippen molar-refractivity contribution in [3.63, 3.8) is 0 Å². The summed E-state index contributed by atoms with van der Waals surface area (Å²) < 4.78 is 15.6. The van der Waals surface area contributed by atoms with Crippen LogP contribution in [0.15, 0.2) is 29.2 Å². The van der Waals surface area contributed by atoms with E-state index >= 15 is 0 Å². The molecule has 0 spiro atoms. The number of halogens is 1. The first-order valence-electron chi connectivity index (χ1n) is 7.37. The predicted octanol–water partition coefficient (Wildman–Crippen LogP) is 2.08. The summed E-state index contributed by atoms with van der Waals surface area (Å²) in [4.78, 5) is 24.8. The van der Waals surface area contributed by atoms with E-state index in [0.717, 1.165) is 12.8 Å². The lowest BCUT2D eigenvalue weighted by Gasteiger charge is -2.13. The van der Waals surface area contributed by atoms with Gasteiger partial charge in [0.15, 0.2) is 5.65 Å². The highest BCUT2D eigenvalue weighted by atomic mass is 19.1. The lowest BCUT2D eigenvalue weighted by Crippen LogP contribution is -2.25. The molecule has 116 valence electrons. The van der Waals surface area contributed by atoms with Crippen LogP contribution in [0.5, 0.6) is 0 Å². The summed E-state index contributed by atoms with van der Waals surface area (Å²) in [7, 11) is 0. The van der Waals surface area contributed by atoms with E-state index in [2.05, 4.69) is 15.0 Å². The molecule has 0 bridgehead atoms. The zero-order valence-corrected chi connectivity index (χ0v) is 12.5. The van der Waals surface area contributed by atoms with E-state index in [-0.39, 0.29) is 11.7 Å². The number of anilines is 1. The minimum atomic E-state index is -0.549. The van der Waals surface area contributed by atoms with E-state index in [4.69, 9.17) is 5.73 Å². The molecule has 3 aromatic rings. The van der Waals surface area contributed by atoms with Crippen LogP contribution in [0.25, 0.3) is 16.7 Å². The summed E-state index contributed by atoms with van der Waals surface area (Å²) in [6.45, 7) is 1.79. The Morgan fingerprint density at radius 2 is 2.13 bits per heavy atom. The van der Waals surface area contributed by atoms with Crippen molar-refractivity contribution >= 4 is 16.9 Å². The smallest absolute Gasteiger partial charge is 0.355 e. The molecule has 23 heavy (non-hydrogen) atoms. The van der Waals surface area contributed by atoms with E-state index in [9.17, 15) is 9.18 Å². The Kier molecular flexibility index (Phi) is 2.90. The third-order valence-electron chi connectivity index (χ3n) is 4.06. The van der Waals surface area contributed by atoms with Gasteiger partial charge in [-0.25, -0.2) is 18.7 Å². The normalized spacial score (nSPS) is 14.3. The summed E-state index contributed by atoms with van der Waals surface area (Å²) >= 11 is 0. The van der Waals surface area contributed by atoms with Gasteiger partial charge < -0.3 is 5.73 Å². The molecule has 6 nitrogen and oxygen atoms in total. The highest BCUT2D eigenvalue weighted by Gasteiger charge is 2.29. The summed E-state index contributed by atoms with van der Waals surface area (Å²) in [5.74, 6) is -0.300. The standard InChI is InChI=1S/C16H14FN5O/c1-8-12(3-2-6-19-8)22-15-10(14(18)21-16(22)23)7-11(17)13(20-15)9-4-5-9/h2-3,6-7,9H,4-5H2,1H3,(H2,18,21,23). The minimum absolute atomic E-state index is 0.0171. The highest BCUT2D eigenvalue weighted by molar-refractivity contribution is 5.86. The molecule has 7 heteroatoms. The van der Waals surface area contributed by atoms with Gasteiger partial charge in [-0.1, -0.05) is 0 Å². The Morgan fingerprint density at radius 1 is 1.35 bits per heavy atom. The number of nitrogens with zero attached hydrogens (tertiary/aromatic N) is 4. The second-order valence-electron chi connectivity index (χ2n) is 5.72. The maximum absolute atomic E-state index is 14.3. The van der Waals surface area contributed by atoms with Crippen LogP contribution in [0.2, 0.25) is 0 Å². The molecule has 3 aromatic heterocycles. The fraction of sp³-hybridized carbons (Fsp3) is 0.250. The molecule has 1 aliphatic rings. The fourth-order valence-electron chi connectivity index (χ4n) is 2.73. The quantitative estimate of drug-likeness (QED) is 0.783. The molecule has 1 aliphatic carbocycles. The summed E-state index contributed by atoms with van der Waals surface area (Å²) in [6.07, 6.45) is 3.46. The van der Waals surface area contributed by atoms with E-state index in [1.165, 1.54) is 10.6 Å². The number of aromatic nitrogens is 4.